The largest absolute Gasteiger partial charge is 0.417 e. The zero-order valence-corrected chi connectivity index (χ0v) is 10.5. The number of aromatic nitrogens is 1. The van der Waals surface area contributed by atoms with Gasteiger partial charge < -0.3 is 0 Å². The van der Waals surface area contributed by atoms with Gasteiger partial charge in [0.1, 0.15) is 0 Å². The molecule has 0 amide bonds. The van der Waals surface area contributed by atoms with Gasteiger partial charge in [-0.2, -0.15) is 13.2 Å². The Bertz CT molecular complexity index is 450. The molecule has 0 aromatic carbocycles. The molecule has 1 aromatic heterocycles. The number of carbonyl (C=O) groups is 1. The lowest BCUT2D eigenvalue weighted by molar-refractivity contribution is -0.138. The molecule has 1 aliphatic rings. The van der Waals surface area contributed by atoms with E-state index in [0.29, 0.717) is 12.3 Å². The zero-order valence-electron chi connectivity index (χ0n) is 10.5. The predicted molar refractivity (Wildman–Crippen MR) is 64.8 cm³/mol. The Kier molecular flexibility index (Phi) is 4.22. The molecule has 0 N–H and O–H groups in total. The highest BCUT2D eigenvalue weighted by Gasteiger charge is 2.35. The first-order chi connectivity index (χ1) is 8.98. The average molecular weight is 271 g/mol. The van der Waals surface area contributed by atoms with Crippen LogP contribution in [0, 0.1) is 5.92 Å². The third-order valence-electron chi connectivity index (χ3n) is 3.68. The first-order valence-corrected chi connectivity index (χ1v) is 6.53. The molecular weight excluding hydrogens is 255 g/mol. The van der Waals surface area contributed by atoms with Crippen LogP contribution >= 0.6 is 0 Å². The van der Waals surface area contributed by atoms with E-state index in [0.717, 1.165) is 31.3 Å². The van der Waals surface area contributed by atoms with Crippen LogP contribution in [-0.2, 0) is 6.18 Å². The smallest absolute Gasteiger partial charge is 0.294 e. The number of pyridine rings is 1. The van der Waals surface area contributed by atoms with E-state index in [-0.39, 0.29) is 12.0 Å². The summed E-state index contributed by atoms with van der Waals surface area (Å²) in [7, 11) is 0. The van der Waals surface area contributed by atoms with E-state index in [1.165, 1.54) is 12.8 Å². The van der Waals surface area contributed by atoms with Gasteiger partial charge in [0.05, 0.1) is 5.56 Å². The topological polar surface area (TPSA) is 30.0 Å². The third-order valence-corrected chi connectivity index (χ3v) is 3.68. The fourth-order valence-corrected chi connectivity index (χ4v) is 2.63. The Morgan fingerprint density at radius 2 is 2.00 bits per heavy atom. The van der Waals surface area contributed by atoms with E-state index >= 15 is 0 Å². The summed E-state index contributed by atoms with van der Waals surface area (Å²) >= 11 is 0. The van der Waals surface area contributed by atoms with Gasteiger partial charge in [-0.05, 0) is 18.4 Å². The monoisotopic (exact) mass is 271 g/mol. The van der Waals surface area contributed by atoms with Crippen molar-refractivity contribution in [2.75, 3.05) is 0 Å². The summed E-state index contributed by atoms with van der Waals surface area (Å²) in [5.41, 5.74) is -1.17. The molecule has 0 radical (unpaired) electrons. The average Bonchev–Trinajstić information content (AvgIpc) is 2.88. The Morgan fingerprint density at radius 3 is 2.63 bits per heavy atom. The molecule has 0 unspecified atom stereocenters. The second kappa shape index (κ2) is 5.72. The maximum absolute atomic E-state index is 12.8. The second-order valence-electron chi connectivity index (χ2n) is 5.03. The molecule has 1 fully saturated rings. The van der Waals surface area contributed by atoms with Crippen molar-refractivity contribution in [3.63, 3.8) is 0 Å². The van der Waals surface area contributed by atoms with E-state index in [1.54, 1.807) is 0 Å². The molecule has 0 atom stereocenters. The van der Waals surface area contributed by atoms with Gasteiger partial charge in [-0.1, -0.05) is 25.7 Å². The Labute approximate surface area is 110 Å². The van der Waals surface area contributed by atoms with E-state index in [1.807, 2.05) is 0 Å². The number of nitrogens with zero attached hydrogens (tertiary/aromatic N) is 1. The van der Waals surface area contributed by atoms with Crippen molar-refractivity contribution >= 4 is 5.78 Å². The van der Waals surface area contributed by atoms with E-state index in [4.69, 9.17) is 0 Å². The minimum atomic E-state index is -4.50. The fourth-order valence-electron chi connectivity index (χ4n) is 2.63. The maximum atomic E-state index is 12.8. The van der Waals surface area contributed by atoms with Crippen LogP contribution in [0.1, 0.15) is 54.4 Å². The second-order valence-corrected chi connectivity index (χ2v) is 5.03. The molecule has 5 heteroatoms. The number of hydrogen-bond donors (Lipinski definition) is 0. The van der Waals surface area contributed by atoms with Crippen molar-refractivity contribution in [2.24, 2.45) is 5.92 Å². The Morgan fingerprint density at radius 1 is 1.32 bits per heavy atom. The molecule has 0 bridgehead atoms. The van der Waals surface area contributed by atoms with Gasteiger partial charge in [0, 0.05) is 24.4 Å². The summed E-state index contributed by atoms with van der Waals surface area (Å²) in [6.45, 7) is 0. The zero-order chi connectivity index (χ0) is 13.9. The number of rotatable bonds is 4. The van der Waals surface area contributed by atoms with Crippen LogP contribution in [0.3, 0.4) is 0 Å². The van der Waals surface area contributed by atoms with E-state index in [9.17, 15) is 18.0 Å². The van der Waals surface area contributed by atoms with Gasteiger partial charge in [-0.3, -0.25) is 9.78 Å². The quantitative estimate of drug-likeness (QED) is 0.766. The van der Waals surface area contributed by atoms with Crippen molar-refractivity contribution < 1.29 is 18.0 Å². The molecule has 2 rings (SSSR count). The van der Waals surface area contributed by atoms with Gasteiger partial charge >= 0.3 is 6.18 Å². The number of alkyl halides is 3. The van der Waals surface area contributed by atoms with Crippen LogP contribution in [-0.4, -0.2) is 10.8 Å². The number of hydrogen-bond acceptors (Lipinski definition) is 2. The van der Waals surface area contributed by atoms with Crippen LogP contribution in [0.15, 0.2) is 18.5 Å². The number of halogens is 3. The summed E-state index contributed by atoms with van der Waals surface area (Å²) in [6, 6.07) is 0.864. The van der Waals surface area contributed by atoms with Crippen molar-refractivity contribution in [1.82, 2.24) is 4.98 Å². The normalized spacial score (nSPS) is 16.8. The van der Waals surface area contributed by atoms with E-state index in [2.05, 4.69) is 4.98 Å². The van der Waals surface area contributed by atoms with Crippen molar-refractivity contribution in [3.05, 3.63) is 29.6 Å². The molecule has 0 aliphatic heterocycles. The van der Waals surface area contributed by atoms with Gasteiger partial charge in [0.2, 0.25) is 0 Å². The molecule has 19 heavy (non-hydrogen) atoms. The lowest BCUT2D eigenvalue weighted by Crippen LogP contribution is -2.14. The first-order valence-electron chi connectivity index (χ1n) is 6.53. The van der Waals surface area contributed by atoms with Crippen LogP contribution in [0.2, 0.25) is 0 Å². The molecule has 1 heterocycles. The SMILES string of the molecule is O=C(CCC1CCCC1)c1cnccc1C(F)(F)F. The van der Waals surface area contributed by atoms with Crippen molar-refractivity contribution in [2.45, 2.75) is 44.7 Å². The molecule has 0 spiro atoms. The van der Waals surface area contributed by atoms with E-state index < -0.39 is 17.5 Å². The summed E-state index contributed by atoms with van der Waals surface area (Å²) in [5, 5.41) is 0. The highest BCUT2D eigenvalue weighted by atomic mass is 19.4. The predicted octanol–water partition coefficient (Wildman–Crippen LogP) is 4.25. The number of Topliss-reactive ketones (excluding diaryl/α,β-unsaturated/α-hetero) is 1. The van der Waals surface area contributed by atoms with Crippen LogP contribution in [0.25, 0.3) is 0 Å². The van der Waals surface area contributed by atoms with Gasteiger partial charge in [-0.25, -0.2) is 0 Å². The van der Waals surface area contributed by atoms with Crippen LogP contribution in [0.4, 0.5) is 13.2 Å². The molecule has 1 saturated carbocycles. The lowest BCUT2D eigenvalue weighted by Gasteiger charge is -2.12. The molecule has 2 nitrogen and oxygen atoms in total. The highest BCUT2D eigenvalue weighted by molar-refractivity contribution is 5.97. The summed E-state index contributed by atoms with van der Waals surface area (Å²) in [4.78, 5) is 15.6. The van der Waals surface area contributed by atoms with Gasteiger partial charge in [0.25, 0.3) is 0 Å². The molecular formula is C14H16F3NO. The number of carbonyl (C=O) groups excluding carboxylic acids is 1. The van der Waals surface area contributed by atoms with Crippen molar-refractivity contribution in [3.8, 4) is 0 Å². The summed E-state index contributed by atoms with van der Waals surface area (Å²) in [6.07, 6.45) is 2.97. The van der Waals surface area contributed by atoms with Crippen molar-refractivity contribution in [1.29, 1.82) is 0 Å². The highest BCUT2D eigenvalue weighted by Crippen LogP contribution is 2.33. The summed E-state index contributed by atoms with van der Waals surface area (Å²) in [5.74, 6) is 0.0438. The minimum Gasteiger partial charge on any atom is -0.294 e. The molecule has 1 aliphatic carbocycles. The first kappa shape index (κ1) is 14.0. The van der Waals surface area contributed by atoms with Crippen LogP contribution < -0.4 is 0 Å². The lowest BCUT2D eigenvalue weighted by atomic mass is 9.96. The number of ketones is 1. The standard InChI is InChI=1S/C14H16F3NO/c15-14(16,17)12-7-8-18-9-11(12)13(19)6-5-10-3-1-2-4-10/h7-10H,1-6H2. The maximum Gasteiger partial charge on any atom is 0.417 e. The van der Waals surface area contributed by atoms with Gasteiger partial charge in [-0.15, -0.1) is 0 Å². The Balaban J connectivity index is 2.06. The summed E-state index contributed by atoms with van der Waals surface area (Å²) < 4.78 is 38.3. The van der Waals surface area contributed by atoms with Crippen LogP contribution in [0.5, 0.6) is 0 Å². The molecule has 104 valence electrons. The Hall–Kier alpha value is -1.39. The minimum absolute atomic E-state index is 0.180. The molecule has 1 aromatic rings. The van der Waals surface area contributed by atoms with Gasteiger partial charge in [0.15, 0.2) is 5.78 Å². The fraction of sp³-hybridized carbons (Fsp3) is 0.571. The molecule has 0 saturated heterocycles. The third kappa shape index (κ3) is 3.55.